The van der Waals surface area contributed by atoms with Crippen molar-refractivity contribution in [3.8, 4) is 136 Å². The highest BCUT2D eigenvalue weighted by atomic mass is 15.1. The van der Waals surface area contributed by atoms with Gasteiger partial charge in [0.2, 0.25) is 0 Å². The summed E-state index contributed by atoms with van der Waals surface area (Å²) in [6.45, 7) is 8.36. The van der Waals surface area contributed by atoms with Crippen molar-refractivity contribution in [2.75, 3.05) is 0 Å². The summed E-state index contributed by atoms with van der Waals surface area (Å²) < 4.78 is 9.52. The number of fused-ring (bicyclic) bond motifs is 12. The predicted molar refractivity (Wildman–Crippen MR) is 528 cm³/mol. The molecule has 0 bridgehead atoms. The molecule has 0 atom stereocenters. The standard InChI is InChI=1S/C59H41N5.C58H40N6/c1-38-14-10-17-43(34-38)57-60-58(44-18-11-15-39(2)35-44)62-59(61-57)45-19-12-16-42(36-45)48-24-13-27-54-56(48)51-23-7-9-26-53(51)63(54)47-31-28-40(29-32-47)41-30-33-50-49-22-6-8-25-52(49)64(55(50)37-41)46-20-4-3-5-21-46;1-37-22-26-40(27-23-37)56-60-57(41-28-24-38(2)25-29-41)62-58(61-56)42-34-35-59-49(36-42)46-17-11-21-53-55(46)48-15-7-9-19-51(48)64(53)44-32-30-39(31-33-44)45-16-10-20-52-54(45)47-14-6-8-18-50(47)63(52)43-12-4-3-5-13-43/h3-37H,1-2H3;3-36H,1-2H3. The molecule has 0 N–H and O–H groups in total. The van der Waals surface area contributed by atoms with Crippen molar-refractivity contribution in [3.05, 3.63) is 441 Å². The van der Waals surface area contributed by atoms with Gasteiger partial charge in [-0.2, -0.15) is 0 Å². The van der Waals surface area contributed by atoms with Crippen LogP contribution in [0.4, 0.5) is 0 Å². The van der Waals surface area contributed by atoms with E-state index in [-0.39, 0.29) is 0 Å². The normalized spacial score (nSPS) is 11.6. The average Bonchev–Trinajstić information content (AvgIpc) is 1.58. The third-order valence-electron chi connectivity index (χ3n) is 24.9. The number of nitrogens with zero attached hydrogens (tertiary/aromatic N) is 11. The van der Waals surface area contributed by atoms with Crippen molar-refractivity contribution < 1.29 is 0 Å². The largest absolute Gasteiger partial charge is 0.309 e. The van der Waals surface area contributed by atoms with E-state index in [1.165, 1.54) is 87.8 Å². The lowest BCUT2D eigenvalue weighted by atomic mass is 9.97. The van der Waals surface area contributed by atoms with Gasteiger partial charge in [0.1, 0.15) is 0 Å². The van der Waals surface area contributed by atoms with Crippen LogP contribution < -0.4 is 0 Å². The Labute approximate surface area is 739 Å². The SMILES string of the molecule is Cc1ccc(-c2nc(-c3ccc(C)cc3)nc(-c3ccnc(-c4cccc5c4c4ccccc4n5-c4ccc(-c5cccc6c5c5ccccc5n6-c5ccccc5)cc4)c3)n2)cc1.Cc1cccc(-c2nc(-c3cccc(C)c3)nc(-c3cccc(-c4cccc5c4c4ccccc4n5-c4ccc(-c5ccc6c7ccccc7n(-c7ccccc7)c6c5)cc4)c3)n2)c1. The summed E-state index contributed by atoms with van der Waals surface area (Å²) in [6.07, 6.45) is 1.86. The number of benzene rings is 17. The average molecular weight is 1640 g/mol. The number of pyridine rings is 1. The van der Waals surface area contributed by atoms with E-state index in [4.69, 9.17) is 34.9 Å². The molecule has 0 unspecified atom stereocenters. The Bertz CT molecular complexity index is 8330. The van der Waals surface area contributed by atoms with Crippen molar-refractivity contribution in [1.82, 2.24) is 53.2 Å². The first kappa shape index (κ1) is 76.0. The van der Waals surface area contributed by atoms with Crippen LogP contribution in [0.25, 0.3) is 223 Å². The van der Waals surface area contributed by atoms with Gasteiger partial charge in [0, 0.05) is 111 Å². The van der Waals surface area contributed by atoms with Gasteiger partial charge < -0.3 is 18.3 Å². The van der Waals surface area contributed by atoms with Gasteiger partial charge in [-0.3, -0.25) is 4.98 Å². The van der Waals surface area contributed by atoms with Gasteiger partial charge in [0.25, 0.3) is 0 Å². The number of para-hydroxylation sites is 6. The van der Waals surface area contributed by atoms with E-state index in [2.05, 4.69) is 452 Å². The van der Waals surface area contributed by atoms with Crippen LogP contribution in [-0.2, 0) is 0 Å². The first-order chi connectivity index (χ1) is 63.1. The molecular weight excluding hydrogens is 1560 g/mol. The quantitative estimate of drug-likeness (QED) is 0.107. The van der Waals surface area contributed by atoms with E-state index in [1.54, 1.807) is 0 Å². The van der Waals surface area contributed by atoms with E-state index in [1.807, 2.05) is 12.3 Å². The molecular formula is C117H81N11. The number of hydrogen-bond donors (Lipinski definition) is 0. The van der Waals surface area contributed by atoms with E-state index in [0.717, 1.165) is 122 Å². The molecule has 24 aromatic rings. The number of hydrogen-bond acceptors (Lipinski definition) is 7. The van der Waals surface area contributed by atoms with Crippen molar-refractivity contribution in [3.63, 3.8) is 0 Å². The molecule has 17 aromatic carbocycles. The minimum Gasteiger partial charge on any atom is -0.309 e. The first-order valence-corrected chi connectivity index (χ1v) is 43.4. The fourth-order valence-electron chi connectivity index (χ4n) is 18.8. The fraction of sp³-hybridized carbons (Fsp3) is 0.0342. The zero-order chi connectivity index (χ0) is 85.5. The molecule has 128 heavy (non-hydrogen) atoms. The van der Waals surface area contributed by atoms with Crippen molar-refractivity contribution >= 4 is 87.2 Å². The molecule has 0 radical (unpaired) electrons. The molecule has 0 aliphatic rings. The molecule has 0 spiro atoms. The van der Waals surface area contributed by atoms with Crippen LogP contribution in [0, 0.1) is 27.7 Å². The van der Waals surface area contributed by atoms with Crippen molar-refractivity contribution in [1.29, 1.82) is 0 Å². The molecule has 11 heteroatoms. The summed E-state index contributed by atoms with van der Waals surface area (Å²) in [6, 6.07) is 147. The number of rotatable bonds is 14. The van der Waals surface area contributed by atoms with Gasteiger partial charge in [-0.1, -0.05) is 307 Å². The number of aromatic nitrogens is 11. The lowest BCUT2D eigenvalue weighted by Gasteiger charge is -2.12. The maximum atomic E-state index is 5.10. The molecule has 0 fully saturated rings. The maximum absolute atomic E-state index is 5.10. The summed E-state index contributed by atoms with van der Waals surface area (Å²) in [5.41, 5.74) is 33.0. The van der Waals surface area contributed by atoms with E-state index >= 15 is 0 Å². The monoisotopic (exact) mass is 1640 g/mol. The van der Waals surface area contributed by atoms with E-state index in [0.29, 0.717) is 34.9 Å². The van der Waals surface area contributed by atoms with Gasteiger partial charge in [-0.25, -0.2) is 29.9 Å². The third-order valence-corrected chi connectivity index (χ3v) is 24.9. The van der Waals surface area contributed by atoms with Crippen LogP contribution in [0.15, 0.2) is 419 Å². The molecule has 0 aliphatic heterocycles. The van der Waals surface area contributed by atoms with Crippen LogP contribution in [-0.4, -0.2) is 53.2 Å². The first-order valence-electron chi connectivity index (χ1n) is 43.4. The van der Waals surface area contributed by atoms with Crippen LogP contribution >= 0.6 is 0 Å². The molecule has 604 valence electrons. The van der Waals surface area contributed by atoms with Crippen LogP contribution in [0.3, 0.4) is 0 Å². The van der Waals surface area contributed by atoms with Crippen molar-refractivity contribution in [2.45, 2.75) is 27.7 Å². The van der Waals surface area contributed by atoms with Crippen LogP contribution in [0.1, 0.15) is 22.3 Å². The molecule has 0 amide bonds. The second kappa shape index (κ2) is 31.8. The van der Waals surface area contributed by atoms with Gasteiger partial charge in [0.15, 0.2) is 34.9 Å². The second-order valence-electron chi connectivity index (χ2n) is 33.1. The minimum atomic E-state index is 0.597. The summed E-state index contributed by atoms with van der Waals surface area (Å²) >= 11 is 0. The minimum absolute atomic E-state index is 0.597. The molecule has 0 saturated heterocycles. The molecule has 0 saturated carbocycles. The highest BCUT2D eigenvalue weighted by Gasteiger charge is 2.24. The van der Waals surface area contributed by atoms with Gasteiger partial charge in [0.05, 0.1) is 49.8 Å². The van der Waals surface area contributed by atoms with Crippen LogP contribution in [0.2, 0.25) is 0 Å². The molecule has 7 heterocycles. The Hall–Kier alpha value is -16.9. The lowest BCUT2D eigenvalue weighted by molar-refractivity contribution is 1.07. The summed E-state index contributed by atoms with van der Waals surface area (Å²) in [5, 5.41) is 9.70. The van der Waals surface area contributed by atoms with Crippen LogP contribution in [0.5, 0.6) is 0 Å². The molecule has 11 nitrogen and oxygen atoms in total. The number of aryl methyl sites for hydroxylation is 4. The zero-order valence-corrected chi connectivity index (χ0v) is 70.8. The fourth-order valence-corrected chi connectivity index (χ4v) is 18.8. The van der Waals surface area contributed by atoms with Gasteiger partial charge in [-0.05, 0) is 188 Å². The smallest absolute Gasteiger partial charge is 0.164 e. The summed E-state index contributed by atoms with van der Waals surface area (Å²) in [7, 11) is 0. The van der Waals surface area contributed by atoms with Gasteiger partial charge in [-0.15, -0.1) is 0 Å². The predicted octanol–water partition coefficient (Wildman–Crippen LogP) is 29.4. The Morgan fingerprint density at radius 3 is 0.961 bits per heavy atom. The van der Waals surface area contributed by atoms with Crippen molar-refractivity contribution in [2.24, 2.45) is 0 Å². The summed E-state index contributed by atoms with van der Waals surface area (Å²) in [5.74, 6) is 3.81. The Balaban J connectivity index is 0.000000146. The Kier molecular flexibility index (Phi) is 18.9. The summed E-state index contributed by atoms with van der Waals surface area (Å²) in [4.78, 5) is 35.3. The Morgan fingerprint density at radius 2 is 0.492 bits per heavy atom. The van der Waals surface area contributed by atoms with E-state index < -0.39 is 0 Å². The topological polar surface area (TPSA) is 110 Å². The molecule has 7 aromatic heterocycles. The molecule has 0 aliphatic carbocycles. The van der Waals surface area contributed by atoms with E-state index in [9.17, 15) is 0 Å². The molecule has 24 rings (SSSR count). The second-order valence-corrected chi connectivity index (χ2v) is 33.1. The highest BCUT2D eigenvalue weighted by Crippen LogP contribution is 2.45. The maximum Gasteiger partial charge on any atom is 0.164 e. The highest BCUT2D eigenvalue weighted by molar-refractivity contribution is 6.19. The Morgan fingerprint density at radius 1 is 0.172 bits per heavy atom. The van der Waals surface area contributed by atoms with Gasteiger partial charge >= 0.3 is 0 Å². The lowest BCUT2D eigenvalue weighted by Crippen LogP contribution is -2.00. The third kappa shape index (κ3) is 13.6. The zero-order valence-electron chi connectivity index (χ0n) is 70.8.